The molecule has 25 heavy (non-hydrogen) atoms. The summed E-state index contributed by atoms with van der Waals surface area (Å²) in [4.78, 5) is 12.1. The molecule has 1 rings (SSSR count). The zero-order chi connectivity index (χ0) is 18.7. The van der Waals surface area contributed by atoms with Crippen molar-refractivity contribution in [2.75, 3.05) is 0 Å². The Bertz CT molecular complexity index is 644. The Kier molecular flexibility index (Phi) is 9.61. The van der Waals surface area contributed by atoms with E-state index in [-0.39, 0.29) is 11.5 Å². The fourth-order valence-electron chi connectivity index (χ4n) is 2.63. The lowest BCUT2D eigenvalue weighted by Gasteiger charge is -2.03. The van der Waals surface area contributed by atoms with Gasteiger partial charge in [0.25, 0.3) is 0 Å². The molecule has 0 aliphatic rings. The summed E-state index contributed by atoms with van der Waals surface area (Å²) in [6.07, 6.45) is 12.2. The van der Waals surface area contributed by atoms with Gasteiger partial charge in [0.05, 0.1) is 5.56 Å². The van der Waals surface area contributed by atoms with Crippen LogP contribution in [0.3, 0.4) is 0 Å². The molecular formula is C23H32O2. The third-order valence-electron chi connectivity index (χ3n) is 4.19. The minimum atomic E-state index is -0.00263. The highest BCUT2D eigenvalue weighted by atomic mass is 16.3. The van der Waals surface area contributed by atoms with Gasteiger partial charge in [-0.25, -0.2) is 0 Å². The van der Waals surface area contributed by atoms with Crippen molar-refractivity contribution in [2.45, 2.75) is 66.2 Å². The number of carbonyl (C=O) groups is 1. The van der Waals surface area contributed by atoms with E-state index in [1.165, 1.54) is 16.7 Å². The number of allylic oxidation sites excluding steroid dienone is 6. The van der Waals surface area contributed by atoms with E-state index in [4.69, 9.17) is 0 Å². The molecule has 0 saturated heterocycles. The molecule has 0 aromatic heterocycles. The van der Waals surface area contributed by atoms with E-state index in [2.05, 4.69) is 45.9 Å². The molecule has 1 aromatic carbocycles. The average Bonchev–Trinajstić information content (AvgIpc) is 2.54. The summed E-state index contributed by atoms with van der Waals surface area (Å²) < 4.78 is 0. The van der Waals surface area contributed by atoms with Crippen LogP contribution in [0.5, 0.6) is 5.75 Å². The van der Waals surface area contributed by atoms with Gasteiger partial charge in [-0.2, -0.15) is 0 Å². The van der Waals surface area contributed by atoms with Gasteiger partial charge in [-0.1, -0.05) is 47.1 Å². The number of rotatable bonds is 10. The number of para-hydroxylation sites is 1. The number of Topliss-reactive ketones (excluding diaryl/α,β-unsaturated/α-hetero) is 1. The first-order valence-corrected chi connectivity index (χ1v) is 9.16. The molecule has 0 aliphatic carbocycles. The Morgan fingerprint density at radius 3 is 1.92 bits per heavy atom. The van der Waals surface area contributed by atoms with Crippen LogP contribution in [0.4, 0.5) is 0 Å². The van der Waals surface area contributed by atoms with E-state index in [0.29, 0.717) is 12.0 Å². The molecule has 0 atom stereocenters. The summed E-state index contributed by atoms with van der Waals surface area (Å²) in [6.45, 7) is 8.59. The van der Waals surface area contributed by atoms with Crippen molar-refractivity contribution in [2.24, 2.45) is 0 Å². The fourth-order valence-corrected chi connectivity index (χ4v) is 2.63. The maximum atomic E-state index is 12.1. The summed E-state index contributed by atoms with van der Waals surface area (Å²) in [6, 6.07) is 6.74. The molecule has 0 unspecified atom stereocenters. The molecule has 0 radical (unpaired) electrons. The molecule has 2 heteroatoms. The van der Waals surface area contributed by atoms with Crippen molar-refractivity contribution in [1.29, 1.82) is 0 Å². The van der Waals surface area contributed by atoms with E-state index < -0.39 is 0 Å². The number of phenolic OH excluding ortho intramolecular Hbond substituents is 1. The number of hydrogen-bond acceptors (Lipinski definition) is 2. The highest BCUT2D eigenvalue weighted by Crippen LogP contribution is 2.19. The number of benzene rings is 1. The van der Waals surface area contributed by atoms with Crippen LogP contribution in [-0.4, -0.2) is 10.9 Å². The molecular weight excluding hydrogens is 308 g/mol. The maximum absolute atomic E-state index is 12.1. The average molecular weight is 341 g/mol. The number of carbonyl (C=O) groups excluding carboxylic acids is 1. The monoisotopic (exact) mass is 340 g/mol. The Morgan fingerprint density at radius 1 is 0.840 bits per heavy atom. The second kappa shape index (κ2) is 11.5. The van der Waals surface area contributed by atoms with Crippen molar-refractivity contribution >= 4 is 5.78 Å². The van der Waals surface area contributed by atoms with Crippen LogP contribution in [0.1, 0.15) is 76.6 Å². The second-order valence-electron chi connectivity index (χ2n) is 6.94. The smallest absolute Gasteiger partial charge is 0.166 e. The lowest BCUT2D eigenvalue weighted by atomic mass is 10.0. The largest absolute Gasteiger partial charge is 0.507 e. The third kappa shape index (κ3) is 9.09. The Hall–Kier alpha value is -2.09. The van der Waals surface area contributed by atoms with Gasteiger partial charge < -0.3 is 5.11 Å². The van der Waals surface area contributed by atoms with E-state index in [1.807, 2.05) is 0 Å². The lowest BCUT2D eigenvalue weighted by Crippen LogP contribution is -1.98. The molecule has 2 nitrogen and oxygen atoms in total. The zero-order valence-corrected chi connectivity index (χ0v) is 16.1. The Morgan fingerprint density at radius 2 is 1.36 bits per heavy atom. The van der Waals surface area contributed by atoms with Crippen molar-refractivity contribution in [1.82, 2.24) is 0 Å². The van der Waals surface area contributed by atoms with Gasteiger partial charge >= 0.3 is 0 Å². The number of hydrogen-bond donors (Lipinski definition) is 1. The van der Waals surface area contributed by atoms with Crippen molar-refractivity contribution in [3.8, 4) is 5.75 Å². The predicted octanol–water partition coefficient (Wildman–Crippen LogP) is 6.77. The SMILES string of the molecule is CC(C)=CCCC(C)=CCCC(C)=CCCC(=O)c1ccccc1O. The molecule has 1 N–H and O–H groups in total. The summed E-state index contributed by atoms with van der Waals surface area (Å²) in [5, 5.41) is 9.70. The highest BCUT2D eigenvalue weighted by Gasteiger charge is 2.08. The Balaban J connectivity index is 2.33. The van der Waals surface area contributed by atoms with Crippen molar-refractivity contribution in [3.05, 3.63) is 64.8 Å². The second-order valence-corrected chi connectivity index (χ2v) is 6.94. The quantitative estimate of drug-likeness (QED) is 0.377. The minimum absolute atomic E-state index is 0.00263. The van der Waals surface area contributed by atoms with Gasteiger partial charge in [0.1, 0.15) is 5.75 Å². The number of phenols is 1. The summed E-state index contributed by atoms with van der Waals surface area (Å²) >= 11 is 0. The van der Waals surface area contributed by atoms with Crippen LogP contribution in [0, 0.1) is 0 Å². The van der Waals surface area contributed by atoms with E-state index in [1.54, 1.807) is 24.3 Å². The number of aromatic hydroxyl groups is 1. The van der Waals surface area contributed by atoms with Crippen LogP contribution in [0.2, 0.25) is 0 Å². The number of ketones is 1. The van der Waals surface area contributed by atoms with E-state index in [0.717, 1.165) is 32.1 Å². The van der Waals surface area contributed by atoms with Crippen LogP contribution < -0.4 is 0 Å². The molecule has 0 fully saturated rings. The molecule has 0 saturated carbocycles. The van der Waals surface area contributed by atoms with Gasteiger partial charge in [0.2, 0.25) is 0 Å². The molecule has 0 amide bonds. The third-order valence-corrected chi connectivity index (χ3v) is 4.19. The topological polar surface area (TPSA) is 37.3 Å². The molecule has 0 bridgehead atoms. The van der Waals surface area contributed by atoms with E-state index >= 15 is 0 Å². The summed E-state index contributed by atoms with van der Waals surface area (Å²) in [5.41, 5.74) is 4.56. The maximum Gasteiger partial charge on any atom is 0.166 e. The van der Waals surface area contributed by atoms with Gasteiger partial charge in [0, 0.05) is 6.42 Å². The predicted molar refractivity (Wildman–Crippen MR) is 107 cm³/mol. The molecule has 0 spiro atoms. The fraction of sp³-hybridized carbons (Fsp3) is 0.435. The first-order valence-electron chi connectivity index (χ1n) is 9.16. The van der Waals surface area contributed by atoms with Crippen molar-refractivity contribution in [3.63, 3.8) is 0 Å². The molecule has 136 valence electrons. The van der Waals surface area contributed by atoms with E-state index in [9.17, 15) is 9.90 Å². The van der Waals surface area contributed by atoms with Gasteiger partial charge in [-0.3, -0.25) is 4.79 Å². The minimum Gasteiger partial charge on any atom is -0.507 e. The van der Waals surface area contributed by atoms with Gasteiger partial charge in [-0.05, 0) is 71.9 Å². The van der Waals surface area contributed by atoms with Gasteiger partial charge in [0.15, 0.2) is 5.78 Å². The van der Waals surface area contributed by atoms with Crippen LogP contribution in [0.15, 0.2) is 59.2 Å². The standard InChI is InChI=1S/C23H32O2/c1-18(2)10-7-11-19(3)12-8-13-20(4)14-9-17-23(25)21-15-5-6-16-22(21)24/h5-6,10,12,14-16,24H,7-9,11,13,17H2,1-4H3. The van der Waals surface area contributed by atoms with Crippen LogP contribution >= 0.6 is 0 Å². The summed E-state index contributed by atoms with van der Waals surface area (Å²) in [7, 11) is 0. The lowest BCUT2D eigenvalue weighted by molar-refractivity contribution is 0.0981. The first-order chi connectivity index (χ1) is 11.9. The molecule has 1 aromatic rings. The Labute approximate surface area is 153 Å². The first kappa shape index (κ1) is 21.0. The molecule has 0 heterocycles. The zero-order valence-electron chi connectivity index (χ0n) is 16.1. The summed E-state index contributed by atoms with van der Waals surface area (Å²) in [5.74, 6) is 0.0686. The van der Waals surface area contributed by atoms with Crippen LogP contribution in [0.25, 0.3) is 0 Å². The highest BCUT2D eigenvalue weighted by molar-refractivity contribution is 5.98. The van der Waals surface area contributed by atoms with Crippen LogP contribution in [-0.2, 0) is 0 Å². The van der Waals surface area contributed by atoms with Gasteiger partial charge in [-0.15, -0.1) is 0 Å². The molecule has 0 aliphatic heterocycles. The van der Waals surface area contributed by atoms with Crippen molar-refractivity contribution < 1.29 is 9.90 Å². The normalized spacial score (nSPS) is 12.2.